The molecule has 1 heterocycles. The van der Waals surface area contributed by atoms with Gasteiger partial charge in [0.05, 0.1) is 10.7 Å². The Morgan fingerprint density at radius 3 is 2.67 bits per heavy atom. The van der Waals surface area contributed by atoms with Crippen LogP contribution >= 0.6 is 15.9 Å². The van der Waals surface area contributed by atoms with E-state index < -0.39 is 0 Å². The molecule has 0 aliphatic rings. The van der Waals surface area contributed by atoms with Crippen LogP contribution in [0.15, 0.2) is 21.2 Å². The van der Waals surface area contributed by atoms with Crippen molar-refractivity contribution in [1.82, 2.24) is 5.32 Å². The smallest absolute Gasteiger partial charge is 0.117 e. The number of furan rings is 1. The summed E-state index contributed by atoms with van der Waals surface area (Å²) in [5, 5.41) is 3.51. The van der Waals surface area contributed by atoms with E-state index in [9.17, 15) is 0 Å². The van der Waals surface area contributed by atoms with Gasteiger partial charge in [-0.25, -0.2) is 0 Å². The lowest BCUT2D eigenvalue weighted by molar-refractivity contribution is 0.371. The summed E-state index contributed by atoms with van der Waals surface area (Å²) >= 11 is 3.48. The summed E-state index contributed by atoms with van der Waals surface area (Å²) in [6.07, 6.45) is 3.85. The number of hydrogen-bond donors (Lipinski definition) is 1. The Morgan fingerprint density at radius 1 is 1.47 bits per heavy atom. The topological polar surface area (TPSA) is 25.2 Å². The predicted octanol–water partition coefficient (Wildman–Crippen LogP) is 3.61. The third-order valence-electron chi connectivity index (χ3n) is 2.64. The zero-order valence-electron chi connectivity index (χ0n) is 9.72. The highest BCUT2D eigenvalue weighted by atomic mass is 79.9. The molecule has 3 heteroatoms. The van der Waals surface area contributed by atoms with Crippen molar-refractivity contribution in [3.05, 3.63) is 22.6 Å². The van der Waals surface area contributed by atoms with Gasteiger partial charge in [0.1, 0.15) is 5.76 Å². The minimum Gasteiger partial charge on any atom is -0.468 e. The van der Waals surface area contributed by atoms with Gasteiger partial charge in [-0.3, -0.25) is 0 Å². The van der Waals surface area contributed by atoms with Crippen LogP contribution in [0.2, 0.25) is 0 Å². The summed E-state index contributed by atoms with van der Waals surface area (Å²) in [6.45, 7) is 7.69. The molecule has 1 rings (SSSR count). The van der Waals surface area contributed by atoms with E-state index >= 15 is 0 Å². The molecule has 0 amide bonds. The monoisotopic (exact) mass is 273 g/mol. The first-order valence-corrected chi connectivity index (χ1v) is 6.39. The van der Waals surface area contributed by atoms with Crippen LogP contribution in [0, 0.1) is 5.92 Å². The van der Waals surface area contributed by atoms with Crippen molar-refractivity contribution in [2.45, 2.75) is 39.7 Å². The van der Waals surface area contributed by atoms with Crippen LogP contribution in [0.5, 0.6) is 0 Å². The average Bonchev–Trinajstić information content (AvgIpc) is 2.58. The van der Waals surface area contributed by atoms with Crippen LogP contribution in [-0.4, -0.2) is 12.6 Å². The molecule has 0 saturated carbocycles. The van der Waals surface area contributed by atoms with Crippen LogP contribution < -0.4 is 5.32 Å². The molecule has 0 fully saturated rings. The van der Waals surface area contributed by atoms with Crippen molar-refractivity contribution in [3.63, 3.8) is 0 Å². The molecule has 1 aromatic heterocycles. The molecule has 1 atom stereocenters. The van der Waals surface area contributed by atoms with Gasteiger partial charge in [-0.15, -0.1) is 0 Å². The lowest BCUT2D eigenvalue weighted by Crippen LogP contribution is -2.34. The molecule has 0 bridgehead atoms. The Bertz CT molecular complexity index is 283. The number of rotatable bonds is 6. The molecule has 1 unspecified atom stereocenters. The molecule has 2 nitrogen and oxygen atoms in total. The highest BCUT2D eigenvalue weighted by molar-refractivity contribution is 9.10. The summed E-state index contributed by atoms with van der Waals surface area (Å²) in [4.78, 5) is 0. The minimum atomic E-state index is 0.576. The maximum atomic E-state index is 5.40. The van der Waals surface area contributed by atoms with Crippen molar-refractivity contribution < 1.29 is 4.42 Å². The molecule has 1 N–H and O–H groups in total. The number of hydrogen-bond acceptors (Lipinski definition) is 2. The number of aryl methyl sites for hydroxylation is 1. The largest absolute Gasteiger partial charge is 0.468 e. The third kappa shape index (κ3) is 3.99. The maximum Gasteiger partial charge on any atom is 0.117 e. The Morgan fingerprint density at radius 2 is 2.20 bits per heavy atom. The van der Waals surface area contributed by atoms with Gasteiger partial charge >= 0.3 is 0 Å². The first-order chi connectivity index (χ1) is 7.15. The summed E-state index contributed by atoms with van der Waals surface area (Å²) in [5.74, 6) is 1.72. The molecule has 0 aliphatic heterocycles. The normalized spacial score (nSPS) is 13.4. The average molecular weight is 274 g/mol. The summed E-state index contributed by atoms with van der Waals surface area (Å²) in [7, 11) is 0. The van der Waals surface area contributed by atoms with Crippen LogP contribution in [0.3, 0.4) is 0 Å². The second-order valence-electron chi connectivity index (χ2n) is 4.14. The molecule has 0 radical (unpaired) electrons. The molecule has 15 heavy (non-hydrogen) atoms. The van der Waals surface area contributed by atoms with E-state index in [4.69, 9.17) is 4.42 Å². The Hall–Kier alpha value is -0.280. The summed E-state index contributed by atoms with van der Waals surface area (Å²) < 4.78 is 6.48. The Balaban J connectivity index is 2.43. The lowest BCUT2D eigenvalue weighted by atomic mass is 9.98. The third-order valence-corrected chi connectivity index (χ3v) is 3.35. The standard InChI is InChI=1S/C12H20BrNO/c1-4-14-11(9(2)3)5-6-12-10(13)7-8-15-12/h7-9,11,14H,4-6H2,1-3H3. The van der Waals surface area contributed by atoms with Gasteiger partial charge in [-0.1, -0.05) is 20.8 Å². The second kappa shape index (κ2) is 6.33. The van der Waals surface area contributed by atoms with E-state index in [1.807, 2.05) is 6.07 Å². The van der Waals surface area contributed by atoms with Gasteiger partial charge in [0.25, 0.3) is 0 Å². The molecule has 0 aliphatic carbocycles. The van der Waals surface area contributed by atoms with Crippen molar-refractivity contribution in [2.75, 3.05) is 6.54 Å². The quantitative estimate of drug-likeness (QED) is 0.857. The number of nitrogens with one attached hydrogen (secondary N) is 1. The van der Waals surface area contributed by atoms with E-state index in [2.05, 4.69) is 42.0 Å². The first-order valence-electron chi connectivity index (χ1n) is 5.60. The lowest BCUT2D eigenvalue weighted by Gasteiger charge is -2.21. The molecular weight excluding hydrogens is 254 g/mol. The van der Waals surface area contributed by atoms with Crippen LogP contribution in [0.4, 0.5) is 0 Å². The molecule has 1 aromatic rings. The maximum absolute atomic E-state index is 5.40. The van der Waals surface area contributed by atoms with Gasteiger partial charge in [0, 0.05) is 12.5 Å². The van der Waals surface area contributed by atoms with Crippen LogP contribution in [0.1, 0.15) is 33.0 Å². The zero-order chi connectivity index (χ0) is 11.3. The van der Waals surface area contributed by atoms with Crippen molar-refractivity contribution in [2.24, 2.45) is 5.92 Å². The van der Waals surface area contributed by atoms with Crippen molar-refractivity contribution in [1.29, 1.82) is 0 Å². The van der Waals surface area contributed by atoms with Gasteiger partial charge in [-0.2, -0.15) is 0 Å². The van der Waals surface area contributed by atoms with Gasteiger partial charge in [-0.05, 0) is 40.9 Å². The summed E-state index contributed by atoms with van der Waals surface area (Å²) in [6, 6.07) is 2.53. The summed E-state index contributed by atoms with van der Waals surface area (Å²) in [5.41, 5.74) is 0. The Kier molecular flexibility index (Phi) is 5.40. The Labute approximate surface area is 101 Å². The molecule has 86 valence electrons. The predicted molar refractivity (Wildman–Crippen MR) is 67.0 cm³/mol. The number of halogens is 1. The fourth-order valence-electron chi connectivity index (χ4n) is 1.72. The SMILES string of the molecule is CCNC(CCc1occc1Br)C(C)C. The van der Waals surface area contributed by atoms with Crippen LogP contribution in [0.25, 0.3) is 0 Å². The fourth-order valence-corrected chi connectivity index (χ4v) is 2.12. The zero-order valence-corrected chi connectivity index (χ0v) is 11.3. The van der Waals surface area contributed by atoms with Gasteiger partial charge in [0.15, 0.2) is 0 Å². The molecule has 0 saturated heterocycles. The van der Waals surface area contributed by atoms with Crippen molar-refractivity contribution >= 4 is 15.9 Å². The highest BCUT2D eigenvalue weighted by Gasteiger charge is 2.13. The van der Waals surface area contributed by atoms with Gasteiger partial charge < -0.3 is 9.73 Å². The van der Waals surface area contributed by atoms with Gasteiger partial charge in [0.2, 0.25) is 0 Å². The van der Waals surface area contributed by atoms with E-state index in [0.29, 0.717) is 12.0 Å². The molecule has 0 spiro atoms. The van der Waals surface area contributed by atoms with Crippen LogP contribution in [-0.2, 0) is 6.42 Å². The van der Waals surface area contributed by atoms with E-state index in [1.165, 1.54) is 0 Å². The second-order valence-corrected chi connectivity index (χ2v) is 4.99. The van der Waals surface area contributed by atoms with E-state index in [0.717, 1.165) is 29.6 Å². The van der Waals surface area contributed by atoms with E-state index in [1.54, 1.807) is 6.26 Å². The molecular formula is C12H20BrNO. The highest BCUT2D eigenvalue weighted by Crippen LogP contribution is 2.20. The van der Waals surface area contributed by atoms with Crippen molar-refractivity contribution in [3.8, 4) is 0 Å². The molecule has 0 aromatic carbocycles. The first kappa shape index (κ1) is 12.8. The minimum absolute atomic E-state index is 0.576. The fraction of sp³-hybridized carbons (Fsp3) is 0.667. The van der Waals surface area contributed by atoms with E-state index in [-0.39, 0.29) is 0 Å².